The number of nitrogens with zero attached hydrogens (tertiary/aromatic N) is 3. The van der Waals surface area contributed by atoms with E-state index in [1.165, 1.54) is 41.0 Å². The van der Waals surface area contributed by atoms with Crippen LogP contribution in [0.3, 0.4) is 0 Å². The molecule has 1 aromatic carbocycles. The first-order valence-electron chi connectivity index (χ1n) is 9.64. The molecule has 2 aliphatic heterocycles. The second kappa shape index (κ2) is 9.62. The Labute approximate surface area is 182 Å². The molecule has 2 heterocycles. The maximum atomic E-state index is 13.0. The van der Waals surface area contributed by atoms with Crippen molar-refractivity contribution in [3.63, 3.8) is 0 Å². The van der Waals surface area contributed by atoms with Gasteiger partial charge in [0.25, 0.3) is 5.69 Å². The van der Waals surface area contributed by atoms with Crippen LogP contribution < -0.4 is 0 Å². The van der Waals surface area contributed by atoms with E-state index in [9.17, 15) is 34.7 Å². The summed E-state index contributed by atoms with van der Waals surface area (Å²) in [6, 6.07) is 4.67. The number of carbonyl (C=O) groups is 3. The van der Waals surface area contributed by atoms with E-state index < -0.39 is 35.2 Å². The van der Waals surface area contributed by atoms with Gasteiger partial charge in [0, 0.05) is 43.9 Å². The normalized spacial score (nSPS) is 25.5. The number of hydrogen-bond acceptors (Lipinski definition) is 9. The standard InChI is InChI=1S/C19H23N3O8S/c1-11(23)31-14-6-15(18(26)20-8-16(24)17(25)9-20)21(7-14)19(27)30-10-12-2-4-13(5-3-12)22(28)29/h2-5,14-17,24-25H,6-10H2,1H3/t14-,15-,16-,17-/m0/s1. The van der Waals surface area contributed by atoms with E-state index in [0.717, 1.165) is 11.8 Å². The van der Waals surface area contributed by atoms with Crippen LogP contribution in [-0.4, -0.2) is 85.2 Å². The van der Waals surface area contributed by atoms with Crippen LogP contribution in [0.2, 0.25) is 0 Å². The minimum absolute atomic E-state index is 0.0350. The number of β-amino-alcohol motifs (C(OH)–C–C–N with tert-alkyl or cyclic N) is 2. The van der Waals surface area contributed by atoms with Crippen molar-refractivity contribution in [2.75, 3.05) is 19.6 Å². The molecule has 0 aliphatic carbocycles. The fraction of sp³-hybridized carbons (Fsp3) is 0.526. The third-order valence-corrected chi connectivity index (χ3v) is 6.20. The average molecular weight is 453 g/mol. The first kappa shape index (κ1) is 23.0. The Balaban J connectivity index is 1.67. The fourth-order valence-electron chi connectivity index (χ4n) is 3.66. The number of nitro groups is 1. The summed E-state index contributed by atoms with van der Waals surface area (Å²) in [7, 11) is 0. The van der Waals surface area contributed by atoms with Gasteiger partial charge < -0.3 is 19.8 Å². The topological polar surface area (TPSA) is 151 Å². The summed E-state index contributed by atoms with van der Waals surface area (Å²) < 4.78 is 5.30. The molecule has 31 heavy (non-hydrogen) atoms. The monoisotopic (exact) mass is 453 g/mol. The van der Waals surface area contributed by atoms with Gasteiger partial charge in [-0.05, 0) is 24.1 Å². The molecule has 1 aromatic rings. The molecule has 2 fully saturated rings. The molecule has 0 aromatic heterocycles. The number of ether oxygens (including phenoxy) is 1. The van der Waals surface area contributed by atoms with E-state index >= 15 is 0 Å². The molecule has 2 aliphatic rings. The molecule has 0 unspecified atom stereocenters. The Kier molecular flexibility index (Phi) is 7.13. The van der Waals surface area contributed by atoms with Crippen molar-refractivity contribution in [3.05, 3.63) is 39.9 Å². The smallest absolute Gasteiger partial charge is 0.410 e. The Morgan fingerprint density at radius 1 is 1.16 bits per heavy atom. The van der Waals surface area contributed by atoms with Crippen LogP contribution in [0, 0.1) is 10.1 Å². The lowest BCUT2D eigenvalue weighted by Gasteiger charge is -2.27. The number of non-ortho nitro benzene ring substituents is 1. The van der Waals surface area contributed by atoms with Gasteiger partial charge in [-0.2, -0.15) is 0 Å². The maximum absolute atomic E-state index is 13.0. The molecule has 3 rings (SSSR count). The van der Waals surface area contributed by atoms with Gasteiger partial charge in [0.15, 0.2) is 5.12 Å². The zero-order valence-electron chi connectivity index (χ0n) is 16.7. The highest BCUT2D eigenvalue weighted by atomic mass is 32.2. The van der Waals surface area contributed by atoms with Crippen LogP contribution in [0.5, 0.6) is 0 Å². The van der Waals surface area contributed by atoms with E-state index in [4.69, 9.17) is 4.74 Å². The number of amides is 2. The molecular weight excluding hydrogens is 430 g/mol. The quantitative estimate of drug-likeness (QED) is 0.480. The van der Waals surface area contributed by atoms with Crippen molar-refractivity contribution in [1.29, 1.82) is 0 Å². The number of hydrogen-bond donors (Lipinski definition) is 2. The van der Waals surface area contributed by atoms with Crippen molar-refractivity contribution in [2.45, 2.75) is 43.5 Å². The molecule has 0 spiro atoms. The molecule has 0 bridgehead atoms. The van der Waals surface area contributed by atoms with Gasteiger partial charge in [0.2, 0.25) is 5.91 Å². The van der Waals surface area contributed by atoms with Gasteiger partial charge in [-0.3, -0.25) is 24.6 Å². The summed E-state index contributed by atoms with van der Waals surface area (Å²) in [6.45, 7) is 1.34. The highest BCUT2D eigenvalue weighted by molar-refractivity contribution is 8.14. The lowest BCUT2D eigenvalue weighted by Crippen LogP contribution is -2.47. The number of aliphatic hydroxyl groups is 2. The van der Waals surface area contributed by atoms with Gasteiger partial charge in [-0.15, -0.1) is 0 Å². The van der Waals surface area contributed by atoms with E-state index in [1.807, 2.05) is 0 Å². The number of carbonyl (C=O) groups excluding carboxylic acids is 3. The zero-order valence-corrected chi connectivity index (χ0v) is 17.6. The molecule has 0 radical (unpaired) electrons. The van der Waals surface area contributed by atoms with Crippen molar-refractivity contribution in [2.24, 2.45) is 0 Å². The molecule has 168 valence electrons. The largest absolute Gasteiger partial charge is 0.445 e. The van der Waals surface area contributed by atoms with E-state index in [1.54, 1.807) is 0 Å². The third kappa shape index (κ3) is 5.51. The van der Waals surface area contributed by atoms with Crippen molar-refractivity contribution >= 4 is 34.6 Å². The SMILES string of the molecule is CC(=O)S[C@H]1C[C@@H](C(=O)N2C[C@H](O)[C@@H](O)C2)N(C(=O)OCc2ccc([N+](=O)[O-])cc2)C1. The van der Waals surface area contributed by atoms with Crippen LogP contribution in [0.1, 0.15) is 18.9 Å². The first-order valence-corrected chi connectivity index (χ1v) is 10.5. The minimum Gasteiger partial charge on any atom is -0.445 e. The summed E-state index contributed by atoms with van der Waals surface area (Å²) in [5, 5.41) is 29.8. The Bertz CT molecular complexity index is 854. The summed E-state index contributed by atoms with van der Waals surface area (Å²) in [5.74, 6) is -0.422. The number of nitro benzene ring substituents is 1. The third-order valence-electron chi connectivity index (χ3n) is 5.20. The Morgan fingerprint density at radius 2 is 1.77 bits per heavy atom. The zero-order chi connectivity index (χ0) is 22.7. The number of rotatable bonds is 5. The molecule has 4 atom stereocenters. The molecular formula is C19H23N3O8S. The van der Waals surface area contributed by atoms with Crippen LogP contribution in [0.25, 0.3) is 0 Å². The van der Waals surface area contributed by atoms with Crippen molar-refractivity contribution in [1.82, 2.24) is 9.80 Å². The second-order valence-electron chi connectivity index (χ2n) is 7.49. The van der Waals surface area contributed by atoms with Gasteiger partial charge in [0.1, 0.15) is 12.6 Å². The minimum atomic E-state index is -1.05. The maximum Gasteiger partial charge on any atom is 0.410 e. The number of likely N-dealkylation sites (tertiary alicyclic amines) is 2. The van der Waals surface area contributed by atoms with E-state index in [-0.39, 0.29) is 48.7 Å². The van der Waals surface area contributed by atoms with Crippen LogP contribution in [0.4, 0.5) is 10.5 Å². The Morgan fingerprint density at radius 3 is 2.32 bits per heavy atom. The summed E-state index contributed by atoms with van der Waals surface area (Å²) in [6.07, 6.45) is -2.59. The van der Waals surface area contributed by atoms with Gasteiger partial charge in [-0.1, -0.05) is 11.8 Å². The number of aliphatic hydroxyl groups excluding tert-OH is 2. The predicted molar refractivity (Wildman–Crippen MR) is 109 cm³/mol. The summed E-state index contributed by atoms with van der Waals surface area (Å²) in [5.41, 5.74) is 0.459. The molecule has 2 amide bonds. The number of thioether (sulfide) groups is 1. The molecule has 11 nitrogen and oxygen atoms in total. The summed E-state index contributed by atoms with van der Waals surface area (Å²) in [4.78, 5) is 49.9. The van der Waals surface area contributed by atoms with Crippen LogP contribution in [0.15, 0.2) is 24.3 Å². The molecule has 0 saturated carbocycles. The highest BCUT2D eigenvalue weighted by Gasteiger charge is 2.45. The second-order valence-corrected chi connectivity index (χ2v) is 8.97. The highest BCUT2D eigenvalue weighted by Crippen LogP contribution is 2.30. The lowest BCUT2D eigenvalue weighted by atomic mass is 10.2. The molecule has 2 saturated heterocycles. The van der Waals surface area contributed by atoms with Gasteiger partial charge in [-0.25, -0.2) is 4.79 Å². The average Bonchev–Trinajstić information content (AvgIpc) is 3.28. The van der Waals surface area contributed by atoms with Crippen molar-refractivity contribution in [3.8, 4) is 0 Å². The predicted octanol–water partition coefficient (Wildman–Crippen LogP) is 0.518. The van der Waals surface area contributed by atoms with E-state index in [0.29, 0.717) is 5.56 Å². The first-order chi connectivity index (χ1) is 14.7. The number of benzene rings is 1. The fourth-order valence-corrected chi connectivity index (χ4v) is 4.64. The molecule has 12 heteroatoms. The Hall–Kier alpha value is -2.70. The van der Waals surface area contributed by atoms with Gasteiger partial charge in [0.05, 0.1) is 17.1 Å². The van der Waals surface area contributed by atoms with E-state index in [2.05, 4.69) is 0 Å². The van der Waals surface area contributed by atoms with Gasteiger partial charge >= 0.3 is 6.09 Å². The summed E-state index contributed by atoms with van der Waals surface area (Å²) >= 11 is 1.05. The lowest BCUT2D eigenvalue weighted by molar-refractivity contribution is -0.384. The van der Waals surface area contributed by atoms with Crippen LogP contribution in [-0.2, 0) is 20.9 Å². The van der Waals surface area contributed by atoms with Crippen LogP contribution >= 0.6 is 11.8 Å². The van der Waals surface area contributed by atoms with Crippen molar-refractivity contribution < 1.29 is 34.3 Å². The molecule has 2 N–H and O–H groups in total.